The van der Waals surface area contributed by atoms with E-state index in [0.717, 1.165) is 4.83 Å². The van der Waals surface area contributed by atoms with Gasteiger partial charge < -0.3 is 0 Å². The molecule has 0 aliphatic rings. The van der Waals surface area contributed by atoms with Gasteiger partial charge in [-0.2, -0.15) is 0 Å². The molecule has 0 aliphatic heterocycles. The van der Waals surface area contributed by atoms with E-state index in [1.807, 2.05) is 12.3 Å². The first-order valence-corrected chi connectivity index (χ1v) is 15.4. The van der Waals surface area contributed by atoms with E-state index in [1.54, 1.807) is 11.3 Å². The summed E-state index contributed by atoms with van der Waals surface area (Å²) in [6.07, 6.45) is 1.88. The second-order valence-electron chi connectivity index (χ2n) is 11.2. The number of hydrogen-bond donors (Lipinski definition) is 0. The topological polar surface area (TPSA) is 12.9 Å². The monoisotopic (exact) mass is 563 g/mol. The number of fused-ring (bicyclic) bond motifs is 9. The van der Waals surface area contributed by atoms with E-state index < -0.39 is 0 Å². The van der Waals surface area contributed by atoms with Crippen molar-refractivity contribution in [3.8, 4) is 33.4 Å². The number of hydrogen-bond acceptors (Lipinski definition) is 2. The number of benzene rings is 7. The van der Waals surface area contributed by atoms with E-state index in [4.69, 9.17) is 0 Å². The van der Waals surface area contributed by atoms with Crippen LogP contribution in [-0.4, -0.2) is 4.98 Å². The molecule has 7 aromatic carbocycles. The van der Waals surface area contributed by atoms with Crippen molar-refractivity contribution in [3.63, 3.8) is 0 Å². The fraction of sp³-hybridized carbons (Fsp3) is 0. The summed E-state index contributed by atoms with van der Waals surface area (Å²) >= 11 is 1.78. The first-order valence-electron chi connectivity index (χ1n) is 14.6. The minimum absolute atomic E-state index is 1.09. The Hall–Kier alpha value is -5.31. The SMILES string of the molecule is c1cc(-c2cccc(-c3cccc4c3sc3ncccc34)c2)cc(-c2ccc3c4ccccc4c4ccccc4c3c2)c1. The van der Waals surface area contributed by atoms with Crippen LogP contribution in [0.5, 0.6) is 0 Å². The highest BCUT2D eigenvalue weighted by atomic mass is 32.1. The molecule has 0 N–H and O–H groups in total. The van der Waals surface area contributed by atoms with Gasteiger partial charge in [-0.05, 0) is 96.0 Å². The number of pyridine rings is 1. The van der Waals surface area contributed by atoms with Crippen molar-refractivity contribution >= 4 is 64.0 Å². The van der Waals surface area contributed by atoms with E-state index in [2.05, 4.69) is 145 Å². The molecule has 2 heterocycles. The Morgan fingerprint density at radius 3 is 1.56 bits per heavy atom. The number of nitrogens with zero attached hydrogens (tertiary/aromatic N) is 1. The van der Waals surface area contributed by atoms with Crippen molar-refractivity contribution < 1.29 is 0 Å². The first-order chi connectivity index (χ1) is 21.3. The summed E-state index contributed by atoms with van der Waals surface area (Å²) in [4.78, 5) is 5.71. The molecule has 0 amide bonds. The van der Waals surface area contributed by atoms with Gasteiger partial charge in [0.1, 0.15) is 4.83 Å². The Labute approximate surface area is 253 Å². The smallest absolute Gasteiger partial charge is 0.124 e. The second-order valence-corrected chi connectivity index (χ2v) is 12.2. The molecule has 0 saturated carbocycles. The van der Waals surface area contributed by atoms with E-state index in [9.17, 15) is 0 Å². The van der Waals surface area contributed by atoms with Crippen LogP contribution in [0.3, 0.4) is 0 Å². The molecule has 200 valence electrons. The lowest BCUT2D eigenvalue weighted by Crippen LogP contribution is -1.86. The molecule has 0 unspecified atom stereocenters. The number of aromatic nitrogens is 1. The van der Waals surface area contributed by atoms with Gasteiger partial charge in [0, 0.05) is 21.7 Å². The van der Waals surface area contributed by atoms with Gasteiger partial charge in [0.25, 0.3) is 0 Å². The number of thiophene rings is 1. The molecule has 0 spiro atoms. The summed E-state index contributed by atoms with van der Waals surface area (Å²) in [6.45, 7) is 0. The van der Waals surface area contributed by atoms with Crippen LogP contribution in [0, 0.1) is 0 Å². The molecule has 0 saturated heterocycles. The third kappa shape index (κ3) is 3.88. The maximum absolute atomic E-state index is 4.63. The summed E-state index contributed by atoms with van der Waals surface area (Å²) in [5, 5.41) is 10.3. The van der Waals surface area contributed by atoms with Crippen molar-refractivity contribution in [2.24, 2.45) is 0 Å². The van der Waals surface area contributed by atoms with Crippen molar-refractivity contribution in [2.75, 3.05) is 0 Å². The molecule has 9 aromatic rings. The van der Waals surface area contributed by atoms with Gasteiger partial charge in [0.15, 0.2) is 0 Å². The molecule has 2 heteroatoms. The summed E-state index contributed by atoms with van der Waals surface area (Å²) in [6, 6.07) is 53.2. The molecule has 0 atom stereocenters. The number of rotatable bonds is 3. The van der Waals surface area contributed by atoms with Crippen LogP contribution in [0.1, 0.15) is 0 Å². The highest BCUT2D eigenvalue weighted by Crippen LogP contribution is 2.41. The summed E-state index contributed by atoms with van der Waals surface area (Å²) < 4.78 is 1.29. The molecule has 9 rings (SSSR count). The Balaban J connectivity index is 1.17. The van der Waals surface area contributed by atoms with Gasteiger partial charge >= 0.3 is 0 Å². The van der Waals surface area contributed by atoms with Gasteiger partial charge in [-0.15, -0.1) is 11.3 Å². The van der Waals surface area contributed by atoms with E-state index >= 15 is 0 Å². The molecule has 0 fully saturated rings. The van der Waals surface area contributed by atoms with Gasteiger partial charge in [0.2, 0.25) is 0 Å². The van der Waals surface area contributed by atoms with Crippen LogP contribution in [0.25, 0.3) is 86.0 Å². The summed E-state index contributed by atoms with van der Waals surface area (Å²) in [7, 11) is 0. The minimum Gasteiger partial charge on any atom is -0.245 e. The van der Waals surface area contributed by atoms with Crippen LogP contribution < -0.4 is 0 Å². The lowest BCUT2D eigenvalue weighted by Gasteiger charge is -2.13. The van der Waals surface area contributed by atoms with E-state index in [1.165, 1.54) is 81.2 Å². The Bertz CT molecular complexity index is 2480. The summed E-state index contributed by atoms with van der Waals surface area (Å²) in [5.74, 6) is 0. The van der Waals surface area contributed by atoms with Crippen LogP contribution in [0.2, 0.25) is 0 Å². The van der Waals surface area contributed by atoms with Crippen LogP contribution in [0.15, 0.2) is 152 Å². The average molecular weight is 564 g/mol. The zero-order valence-corrected chi connectivity index (χ0v) is 24.1. The maximum Gasteiger partial charge on any atom is 0.124 e. The van der Waals surface area contributed by atoms with Gasteiger partial charge in [0.05, 0.1) is 0 Å². The third-order valence-corrected chi connectivity index (χ3v) is 9.88. The van der Waals surface area contributed by atoms with Gasteiger partial charge in [-0.3, -0.25) is 0 Å². The zero-order valence-electron chi connectivity index (χ0n) is 23.3. The van der Waals surface area contributed by atoms with E-state index in [-0.39, 0.29) is 0 Å². The van der Waals surface area contributed by atoms with Crippen molar-refractivity contribution in [1.82, 2.24) is 4.98 Å². The normalized spacial score (nSPS) is 11.7. The minimum atomic E-state index is 1.09. The summed E-state index contributed by atoms with van der Waals surface area (Å²) in [5.41, 5.74) is 7.37. The van der Waals surface area contributed by atoms with Crippen molar-refractivity contribution in [3.05, 3.63) is 152 Å². The highest BCUT2D eigenvalue weighted by molar-refractivity contribution is 7.26. The first kappa shape index (κ1) is 24.3. The fourth-order valence-electron chi connectivity index (χ4n) is 6.69. The lowest BCUT2D eigenvalue weighted by atomic mass is 9.91. The fourth-order valence-corrected chi connectivity index (χ4v) is 7.87. The Morgan fingerprint density at radius 1 is 0.349 bits per heavy atom. The van der Waals surface area contributed by atoms with Crippen LogP contribution in [0.4, 0.5) is 0 Å². The van der Waals surface area contributed by atoms with Crippen molar-refractivity contribution in [2.45, 2.75) is 0 Å². The molecular weight excluding hydrogens is 539 g/mol. The Morgan fingerprint density at radius 2 is 0.860 bits per heavy atom. The highest BCUT2D eigenvalue weighted by Gasteiger charge is 2.13. The quantitative estimate of drug-likeness (QED) is 0.195. The molecule has 43 heavy (non-hydrogen) atoms. The predicted molar refractivity (Wildman–Crippen MR) is 186 cm³/mol. The van der Waals surface area contributed by atoms with Crippen molar-refractivity contribution in [1.29, 1.82) is 0 Å². The second kappa shape index (κ2) is 9.62. The molecule has 0 aliphatic carbocycles. The van der Waals surface area contributed by atoms with Crippen LogP contribution >= 0.6 is 11.3 Å². The average Bonchev–Trinajstić information content (AvgIpc) is 3.47. The lowest BCUT2D eigenvalue weighted by molar-refractivity contribution is 1.45. The van der Waals surface area contributed by atoms with Gasteiger partial charge in [-0.25, -0.2) is 4.98 Å². The predicted octanol–water partition coefficient (Wildman–Crippen LogP) is 11.9. The molecule has 0 bridgehead atoms. The molecular formula is C41H25NS. The zero-order chi connectivity index (χ0) is 28.3. The molecule has 1 nitrogen and oxygen atoms in total. The van der Waals surface area contributed by atoms with Crippen LogP contribution in [-0.2, 0) is 0 Å². The molecule has 2 aromatic heterocycles. The standard InChI is InChI=1S/C41H25NS/c1-2-15-34-32(13-1)33-14-3-4-16-35(33)39-25-29(20-21-36(34)39)27-10-5-9-26(23-27)28-11-6-12-30(24-28)31-17-7-18-37-38-19-8-22-42-41(38)43-40(31)37/h1-25H. The van der Waals surface area contributed by atoms with E-state index in [0.29, 0.717) is 0 Å². The largest absolute Gasteiger partial charge is 0.245 e. The third-order valence-electron chi connectivity index (χ3n) is 8.72. The Kier molecular flexibility index (Phi) is 5.44. The maximum atomic E-state index is 4.63. The molecule has 0 radical (unpaired) electrons. The van der Waals surface area contributed by atoms with Gasteiger partial charge in [-0.1, -0.05) is 115 Å².